The molecule has 3 rings (SSSR count). The molecule has 0 spiro atoms. The summed E-state index contributed by atoms with van der Waals surface area (Å²) in [6, 6.07) is 16.9. The van der Waals surface area contributed by atoms with Gasteiger partial charge in [-0.1, -0.05) is 55.0 Å². The van der Waals surface area contributed by atoms with Crippen molar-refractivity contribution in [1.82, 2.24) is 15.0 Å². The van der Waals surface area contributed by atoms with E-state index < -0.39 is 0 Å². The van der Waals surface area contributed by atoms with Crippen molar-refractivity contribution in [3.8, 4) is 0 Å². The van der Waals surface area contributed by atoms with Gasteiger partial charge in [-0.05, 0) is 36.1 Å². The van der Waals surface area contributed by atoms with Crippen LogP contribution in [0.2, 0.25) is 0 Å². The number of aromatic nitrogens is 3. The van der Waals surface area contributed by atoms with E-state index in [1.165, 1.54) is 30.4 Å². The van der Waals surface area contributed by atoms with Gasteiger partial charge in [0.15, 0.2) is 0 Å². The van der Waals surface area contributed by atoms with E-state index in [-0.39, 0.29) is 0 Å². The van der Waals surface area contributed by atoms with Gasteiger partial charge in [0, 0.05) is 0 Å². The average molecular weight is 265 g/mol. The van der Waals surface area contributed by atoms with Gasteiger partial charge in [0.05, 0.1) is 12.1 Å². The lowest BCUT2D eigenvalue weighted by molar-refractivity contribution is 0.669. The molecule has 0 N–H and O–H groups in total. The van der Waals surface area contributed by atoms with E-state index >= 15 is 0 Å². The summed E-state index contributed by atoms with van der Waals surface area (Å²) in [5.74, 6) is 0. The summed E-state index contributed by atoms with van der Waals surface area (Å²) < 4.78 is 1.95. The normalized spacial score (nSPS) is 11.1. The van der Waals surface area contributed by atoms with Gasteiger partial charge in [-0.2, -0.15) is 0 Å². The maximum absolute atomic E-state index is 4.23. The largest absolute Gasteiger partial charge is 0.240 e. The molecule has 0 saturated carbocycles. The van der Waals surface area contributed by atoms with Gasteiger partial charge in [0.25, 0.3) is 0 Å². The minimum atomic E-state index is 0.772. The highest BCUT2D eigenvalue weighted by Gasteiger charge is 2.04. The number of hydrogen-bond acceptors (Lipinski definition) is 2. The van der Waals surface area contributed by atoms with E-state index in [2.05, 4.69) is 47.6 Å². The lowest BCUT2D eigenvalue weighted by Crippen LogP contribution is -2.01. The first-order chi connectivity index (χ1) is 9.86. The molecule has 0 aliphatic rings. The molecule has 0 saturated heterocycles. The Morgan fingerprint density at radius 1 is 0.950 bits per heavy atom. The van der Waals surface area contributed by atoms with Crippen molar-refractivity contribution < 1.29 is 0 Å². The Kier molecular flexibility index (Phi) is 3.77. The van der Waals surface area contributed by atoms with Gasteiger partial charge in [0.2, 0.25) is 0 Å². The fraction of sp³-hybridized carbons (Fsp3) is 0.294. The van der Waals surface area contributed by atoms with E-state index in [4.69, 9.17) is 0 Å². The minimum absolute atomic E-state index is 0.772. The Bertz CT molecular complexity index is 683. The monoisotopic (exact) mass is 265 g/mol. The predicted octanol–water partition coefficient (Wildman–Crippen LogP) is 3.82. The molecule has 102 valence electrons. The zero-order valence-corrected chi connectivity index (χ0v) is 11.8. The molecule has 0 aliphatic heterocycles. The van der Waals surface area contributed by atoms with Crippen molar-refractivity contribution in [3.63, 3.8) is 0 Å². The van der Waals surface area contributed by atoms with Crippen molar-refractivity contribution in [2.75, 3.05) is 0 Å². The van der Waals surface area contributed by atoms with E-state index in [0.717, 1.165) is 17.6 Å². The molecule has 0 unspecified atom stereocenters. The van der Waals surface area contributed by atoms with Crippen LogP contribution in [0.1, 0.15) is 30.9 Å². The molecule has 0 amide bonds. The second-order valence-corrected chi connectivity index (χ2v) is 5.16. The molecule has 3 aromatic rings. The molecular weight excluding hydrogens is 246 g/mol. The zero-order valence-electron chi connectivity index (χ0n) is 11.8. The molecule has 0 radical (unpaired) electrons. The van der Waals surface area contributed by atoms with Crippen LogP contribution in [0.25, 0.3) is 11.0 Å². The van der Waals surface area contributed by atoms with Gasteiger partial charge in [0.1, 0.15) is 5.52 Å². The van der Waals surface area contributed by atoms with E-state index in [0.29, 0.717) is 0 Å². The van der Waals surface area contributed by atoms with Crippen LogP contribution in [0, 0.1) is 0 Å². The number of para-hydroxylation sites is 1. The number of benzene rings is 2. The molecule has 3 heteroatoms. The van der Waals surface area contributed by atoms with E-state index in [1.807, 2.05) is 22.9 Å². The number of nitrogens with zero attached hydrogens (tertiary/aromatic N) is 3. The van der Waals surface area contributed by atoms with Crippen molar-refractivity contribution >= 4 is 11.0 Å². The maximum Gasteiger partial charge on any atom is 0.113 e. The van der Waals surface area contributed by atoms with Crippen LogP contribution in [0.3, 0.4) is 0 Å². The number of aryl methyl sites for hydroxylation is 1. The lowest BCUT2D eigenvalue weighted by atomic mass is 10.1. The molecule has 0 aliphatic carbocycles. The third kappa shape index (κ3) is 2.72. The Balaban J connectivity index is 1.77. The molecule has 2 aromatic carbocycles. The highest BCUT2D eigenvalue weighted by atomic mass is 15.4. The van der Waals surface area contributed by atoms with Crippen LogP contribution in [-0.4, -0.2) is 15.0 Å². The molecule has 20 heavy (non-hydrogen) atoms. The summed E-state index contributed by atoms with van der Waals surface area (Å²) in [7, 11) is 0. The van der Waals surface area contributed by atoms with Crippen LogP contribution in [0.5, 0.6) is 0 Å². The first kappa shape index (κ1) is 12.9. The summed E-state index contributed by atoms with van der Waals surface area (Å²) in [5, 5.41) is 8.42. The summed E-state index contributed by atoms with van der Waals surface area (Å²) in [6.45, 7) is 3.00. The van der Waals surface area contributed by atoms with Gasteiger partial charge >= 0.3 is 0 Å². The smallest absolute Gasteiger partial charge is 0.113 e. The summed E-state index contributed by atoms with van der Waals surface area (Å²) in [5.41, 5.74) is 4.72. The number of fused-ring (bicyclic) bond motifs is 1. The maximum atomic E-state index is 4.23. The second kappa shape index (κ2) is 5.87. The summed E-state index contributed by atoms with van der Waals surface area (Å²) >= 11 is 0. The number of unbranched alkanes of at least 4 members (excludes halogenated alkanes) is 1. The van der Waals surface area contributed by atoms with Crippen molar-refractivity contribution in [1.29, 1.82) is 0 Å². The highest BCUT2D eigenvalue weighted by molar-refractivity contribution is 5.73. The Labute approximate surface area is 119 Å². The predicted molar refractivity (Wildman–Crippen MR) is 81.7 cm³/mol. The molecule has 0 fully saturated rings. The second-order valence-electron chi connectivity index (χ2n) is 5.16. The lowest BCUT2D eigenvalue weighted by Gasteiger charge is -2.05. The quantitative estimate of drug-likeness (QED) is 0.702. The van der Waals surface area contributed by atoms with Gasteiger partial charge in [-0.25, -0.2) is 4.68 Å². The summed E-state index contributed by atoms with van der Waals surface area (Å²) in [4.78, 5) is 0. The third-order valence-electron chi connectivity index (χ3n) is 3.59. The molecule has 1 heterocycles. The fourth-order valence-electron chi connectivity index (χ4n) is 2.40. The highest BCUT2D eigenvalue weighted by Crippen LogP contribution is 2.13. The van der Waals surface area contributed by atoms with Crippen LogP contribution in [0.4, 0.5) is 0 Å². The summed E-state index contributed by atoms with van der Waals surface area (Å²) in [6.07, 6.45) is 3.67. The van der Waals surface area contributed by atoms with Crippen LogP contribution >= 0.6 is 0 Å². The molecule has 0 bridgehead atoms. The molecule has 0 atom stereocenters. The topological polar surface area (TPSA) is 30.7 Å². The van der Waals surface area contributed by atoms with Gasteiger partial charge in [-0.3, -0.25) is 0 Å². The van der Waals surface area contributed by atoms with E-state index in [1.54, 1.807) is 0 Å². The van der Waals surface area contributed by atoms with E-state index in [9.17, 15) is 0 Å². The third-order valence-corrected chi connectivity index (χ3v) is 3.59. The molecular formula is C17H19N3. The first-order valence-corrected chi connectivity index (χ1v) is 7.23. The van der Waals surface area contributed by atoms with Crippen molar-refractivity contribution in [2.24, 2.45) is 0 Å². The zero-order chi connectivity index (χ0) is 13.8. The van der Waals surface area contributed by atoms with Gasteiger partial charge < -0.3 is 0 Å². The minimum Gasteiger partial charge on any atom is -0.240 e. The SMILES string of the molecule is CCCCc1ccc(Cn2nnc3ccccc32)cc1. The average Bonchev–Trinajstić information content (AvgIpc) is 2.90. The Hall–Kier alpha value is -2.16. The van der Waals surface area contributed by atoms with Crippen LogP contribution in [0.15, 0.2) is 48.5 Å². The van der Waals surface area contributed by atoms with Crippen molar-refractivity contribution in [3.05, 3.63) is 59.7 Å². The Morgan fingerprint density at radius 2 is 1.70 bits per heavy atom. The molecule has 3 nitrogen and oxygen atoms in total. The van der Waals surface area contributed by atoms with Crippen LogP contribution in [-0.2, 0) is 13.0 Å². The van der Waals surface area contributed by atoms with Crippen LogP contribution < -0.4 is 0 Å². The fourth-order valence-corrected chi connectivity index (χ4v) is 2.40. The standard InChI is InChI=1S/C17H19N3/c1-2-3-6-14-9-11-15(12-10-14)13-20-17-8-5-4-7-16(17)18-19-20/h4-5,7-12H,2-3,6,13H2,1H3. The number of rotatable bonds is 5. The Morgan fingerprint density at radius 3 is 2.50 bits per heavy atom. The molecule has 1 aromatic heterocycles. The van der Waals surface area contributed by atoms with Crippen molar-refractivity contribution in [2.45, 2.75) is 32.7 Å². The number of hydrogen-bond donors (Lipinski definition) is 0. The first-order valence-electron chi connectivity index (χ1n) is 7.23. The van der Waals surface area contributed by atoms with Gasteiger partial charge in [-0.15, -0.1) is 5.10 Å².